The van der Waals surface area contributed by atoms with Crippen molar-refractivity contribution in [2.75, 3.05) is 0 Å². The summed E-state index contributed by atoms with van der Waals surface area (Å²) in [6.07, 6.45) is 6.68. The van der Waals surface area contributed by atoms with E-state index >= 15 is 0 Å². The predicted octanol–water partition coefficient (Wildman–Crippen LogP) is 1.26. The summed E-state index contributed by atoms with van der Waals surface area (Å²) in [6, 6.07) is 7.06. The molecule has 1 aromatic rings. The first-order valence-electron chi connectivity index (χ1n) is 5.25. The van der Waals surface area contributed by atoms with Crippen LogP contribution in [0.4, 0.5) is 0 Å². The van der Waals surface area contributed by atoms with Crippen molar-refractivity contribution in [1.29, 1.82) is 0 Å². The van der Waals surface area contributed by atoms with E-state index < -0.39 is 6.10 Å². The maximum absolute atomic E-state index is 10.1. The van der Waals surface area contributed by atoms with E-state index in [1.807, 2.05) is 30.4 Å². The minimum atomic E-state index is -0.661. The standard InChI is InChI=1S/C13H12NO2.Ga/c14-11-6-3-5-10(13(11)16)8-9-4-1-2-7-12(9)15;/h1-8,13-16H;/q-1;+1. The number of para-hydroxylation sites is 1. The average molecular weight is 284 g/mol. The molecule has 0 spiro atoms. The summed E-state index contributed by atoms with van der Waals surface area (Å²) in [5.74, 6) is 0.213. The SMILES string of the molecule is Oc1ccccc1C=C1C=CC=C([NH][Ga])C1O. The second-order valence-electron chi connectivity index (χ2n) is 3.73. The third-order valence-corrected chi connectivity index (χ3v) is 3.30. The molecule has 0 amide bonds. The summed E-state index contributed by atoms with van der Waals surface area (Å²) in [7, 11) is 0. The van der Waals surface area contributed by atoms with Gasteiger partial charge < -0.3 is 0 Å². The van der Waals surface area contributed by atoms with Crippen LogP contribution in [-0.4, -0.2) is 35.2 Å². The van der Waals surface area contributed by atoms with Gasteiger partial charge in [-0.2, -0.15) is 0 Å². The van der Waals surface area contributed by atoms with Crippen molar-refractivity contribution >= 4 is 24.9 Å². The molecular formula is C13H12GaNO2. The van der Waals surface area contributed by atoms with Gasteiger partial charge in [-0.1, -0.05) is 0 Å². The second kappa shape index (κ2) is 5.31. The van der Waals surface area contributed by atoms with Crippen molar-refractivity contribution in [1.82, 2.24) is 4.02 Å². The van der Waals surface area contributed by atoms with E-state index in [0.29, 0.717) is 5.56 Å². The molecule has 2 rings (SSSR count). The Kier molecular flexibility index (Phi) is 3.78. The molecule has 84 valence electrons. The summed E-state index contributed by atoms with van der Waals surface area (Å²) in [6.45, 7) is 0. The number of hydrogen-bond donors (Lipinski definition) is 3. The molecule has 1 aromatic carbocycles. The van der Waals surface area contributed by atoms with Gasteiger partial charge in [-0.15, -0.1) is 0 Å². The Bertz CT molecular complexity index is 506. The molecule has 0 aromatic heterocycles. The van der Waals surface area contributed by atoms with Gasteiger partial charge in [0.15, 0.2) is 0 Å². The van der Waals surface area contributed by atoms with E-state index in [2.05, 4.69) is 4.02 Å². The molecule has 3 nitrogen and oxygen atoms in total. The van der Waals surface area contributed by atoms with E-state index in [-0.39, 0.29) is 5.75 Å². The Balaban J connectivity index is 2.33. The van der Waals surface area contributed by atoms with Crippen LogP contribution in [0.3, 0.4) is 0 Å². The number of hydrogen-bond acceptors (Lipinski definition) is 3. The Hall–Kier alpha value is -1.36. The second-order valence-corrected chi connectivity index (χ2v) is 4.34. The quantitative estimate of drug-likeness (QED) is 0.717. The monoisotopic (exact) mass is 283 g/mol. The molecule has 0 heterocycles. The van der Waals surface area contributed by atoms with Crippen LogP contribution in [0.5, 0.6) is 5.75 Å². The van der Waals surface area contributed by atoms with E-state index in [1.165, 1.54) is 18.8 Å². The molecule has 1 unspecified atom stereocenters. The average Bonchev–Trinajstić information content (AvgIpc) is 2.34. The van der Waals surface area contributed by atoms with Crippen LogP contribution in [0.2, 0.25) is 0 Å². The summed E-state index contributed by atoms with van der Waals surface area (Å²) in [5, 5.41) is 19.7. The van der Waals surface area contributed by atoms with Crippen LogP contribution >= 0.6 is 0 Å². The molecule has 2 radical (unpaired) electrons. The normalized spacial score (nSPS) is 21.4. The first kappa shape index (κ1) is 12.1. The van der Waals surface area contributed by atoms with E-state index in [4.69, 9.17) is 0 Å². The van der Waals surface area contributed by atoms with Gasteiger partial charge in [0.1, 0.15) is 0 Å². The Labute approximate surface area is 110 Å². The number of nitrogens with one attached hydrogen (secondary N) is 1. The van der Waals surface area contributed by atoms with Crippen LogP contribution in [0.15, 0.2) is 53.8 Å². The number of rotatable bonds is 2. The number of benzene rings is 1. The molecule has 3 N–H and O–H groups in total. The number of aromatic hydroxyl groups is 1. The predicted molar refractivity (Wildman–Crippen MR) is 68.2 cm³/mol. The van der Waals surface area contributed by atoms with Gasteiger partial charge in [-0.3, -0.25) is 0 Å². The van der Waals surface area contributed by atoms with Crippen molar-refractivity contribution in [3.05, 3.63) is 59.3 Å². The summed E-state index contributed by atoms with van der Waals surface area (Å²) < 4.78 is 3.00. The molecule has 0 saturated carbocycles. The van der Waals surface area contributed by atoms with Crippen molar-refractivity contribution < 1.29 is 10.2 Å². The van der Waals surface area contributed by atoms with Crippen LogP contribution in [0.1, 0.15) is 5.56 Å². The zero-order valence-corrected chi connectivity index (χ0v) is 11.6. The molecule has 0 bridgehead atoms. The first-order chi connectivity index (χ1) is 8.22. The van der Waals surface area contributed by atoms with E-state index in [9.17, 15) is 10.2 Å². The maximum atomic E-state index is 10.1. The van der Waals surface area contributed by atoms with Crippen molar-refractivity contribution in [2.45, 2.75) is 6.10 Å². The number of allylic oxidation sites excluding steroid dienone is 2. The van der Waals surface area contributed by atoms with Gasteiger partial charge in [0, 0.05) is 0 Å². The van der Waals surface area contributed by atoms with Crippen LogP contribution < -0.4 is 4.02 Å². The summed E-state index contributed by atoms with van der Waals surface area (Å²) in [5.41, 5.74) is 2.23. The molecule has 4 heteroatoms. The third kappa shape index (κ3) is 2.66. The number of aliphatic hydroxyl groups excluding tert-OH is 1. The topological polar surface area (TPSA) is 52.5 Å². The Morgan fingerprint density at radius 1 is 1.29 bits per heavy atom. The van der Waals surface area contributed by atoms with Crippen molar-refractivity contribution in [3.63, 3.8) is 0 Å². The number of aliphatic hydroxyl groups is 1. The fraction of sp³-hybridized carbons (Fsp3) is 0.0769. The molecular weight excluding hydrogens is 272 g/mol. The Morgan fingerprint density at radius 3 is 2.76 bits per heavy atom. The van der Waals surface area contributed by atoms with Crippen molar-refractivity contribution in [3.8, 4) is 5.75 Å². The zero-order chi connectivity index (χ0) is 12.3. The molecule has 1 aliphatic carbocycles. The third-order valence-electron chi connectivity index (χ3n) is 2.60. The van der Waals surface area contributed by atoms with Gasteiger partial charge in [-0.05, 0) is 0 Å². The minimum absolute atomic E-state index is 0.213. The molecule has 1 atom stereocenters. The summed E-state index contributed by atoms with van der Waals surface area (Å²) in [4.78, 5) is 0. The van der Waals surface area contributed by atoms with Crippen LogP contribution in [0.25, 0.3) is 6.08 Å². The molecule has 0 aliphatic heterocycles. The van der Waals surface area contributed by atoms with Gasteiger partial charge in [0.25, 0.3) is 0 Å². The Morgan fingerprint density at radius 2 is 2.06 bits per heavy atom. The van der Waals surface area contributed by atoms with Crippen LogP contribution in [0, 0.1) is 0 Å². The number of phenolic OH excluding ortho intramolecular Hbond substituents is 1. The fourth-order valence-electron chi connectivity index (χ4n) is 1.67. The van der Waals surface area contributed by atoms with Gasteiger partial charge in [0.2, 0.25) is 0 Å². The molecule has 0 saturated heterocycles. The van der Waals surface area contributed by atoms with Crippen LogP contribution in [-0.2, 0) is 0 Å². The molecule has 17 heavy (non-hydrogen) atoms. The van der Waals surface area contributed by atoms with E-state index in [1.54, 1.807) is 18.2 Å². The summed E-state index contributed by atoms with van der Waals surface area (Å²) >= 11 is 1.33. The van der Waals surface area contributed by atoms with Gasteiger partial charge in [-0.25, -0.2) is 0 Å². The zero-order valence-electron chi connectivity index (χ0n) is 9.17. The fourth-order valence-corrected chi connectivity index (χ4v) is 2.20. The molecule has 1 aliphatic rings. The van der Waals surface area contributed by atoms with E-state index in [0.717, 1.165) is 11.3 Å². The van der Waals surface area contributed by atoms with Gasteiger partial charge in [0.05, 0.1) is 0 Å². The molecule has 0 fully saturated rings. The first-order valence-corrected chi connectivity index (χ1v) is 6.46. The van der Waals surface area contributed by atoms with Crippen molar-refractivity contribution in [2.24, 2.45) is 0 Å². The van der Waals surface area contributed by atoms with Gasteiger partial charge >= 0.3 is 110 Å². The number of phenols is 1.